The molecule has 1 heterocycles. The summed E-state index contributed by atoms with van der Waals surface area (Å²) in [5.74, 6) is 0.836. The molecule has 0 spiro atoms. The Morgan fingerprint density at radius 2 is 1.53 bits per heavy atom. The highest BCUT2D eigenvalue weighted by molar-refractivity contribution is 9.10. The van der Waals surface area contributed by atoms with Crippen molar-refractivity contribution in [3.05, 3.63) is 58.6 Å². The van der Waals surface area contributed by atoms with Crippen LogP contribution < -0.4 is 10.1 Å². The van der Waals surface area contributed by atoms with Gasteiger partial charge < -0.3 is 15.0 Å². The van der Waals surface area contributed by atoms with Crippen LogP contribution >= 0.6 is 15.9 Å². The minimum atomic E-state index is -0.0756. The van der Waals surface area contributed by atoms with E-state index in [0.717, 1.165) is 28.8 Å². The first-order valence-electron chi connectivity index (χ1n) is 10.7. The molecular formula is C24H27BrN2O3. The number of halogens is 1. The maximum absolute atomic E-state index is 12.7. The molecule has 2 fully saturated rings. The van der Waals surface area contributed by atoms with E-state index in [1.165, 1.54) is 12.8 Å². The zero-order valence-corrected chi connectivity index (χ0v) is 18.6. The van der Waals surface area contributed by atoms with Crippen LogP contribution in [0.25, 0.3) is 0 Å². The molecule has 0 radical (unpaired) electrons. The summed E-state index contributed by atoms with van der Waals surface area (Å²) in [5, 5.41) is 3.01. The molecule has 2 aromatic carbocycles. The van der Waals surface area contributed by atoms with Crippen LogP contribution in [0.1, 0.15) is 48.9 Å². The molecule has 0 atom stereocenters. The van der Waals surface area contributed by atoms with Gasteiger partial charge in [0.05, 0.1) is 6.10 Å². The zero-order chi connectivity index (χ0) is 20.9. The Hall–Kier alpha value is -2.34. The summed E-state index contributed by atoms with van der Waals surface area (Å²) < 4.78 is 6.93. The first-order chi connectivity index (χ1) is 14.6. The van der Waals surface area contributed by atoms with Crippen LogP contribution in [0, 0.1) is 5.92 Å². The van der Waals surface area contributed by atoms with E-state index in [1.54, 1.807) is 0 Å². The Morgan fingerprint density at radius 3 is 2.17 bits per heavy atom. The maximum Gasteiger partial charge on any atom is 0.253 e. The Labute approximate surface area is 185 Å². The summed E-state index contributed by atoms with van der Waals surface area (Å²) in [6, 6.07) is 15.0. The number of carbonyl (C=O) groups excluding carboxylic acids is 2. The Balaban J connectivity index is 1.26. The largest absolute Gasteiger partial charge is 0.490 e. The lowest BCUT2D eigenvalue weighted by atomic mass is 9.95. The molecule has 4 rings (SSSR count). The second-order valence-electron chi connectivity index (χ2n) is 8.11. The fraction of sp³-hybridized carbons (Fsp3) is 0.417. The highest BCUT2D eigenvalue weighted by Gasteiger charge is 2.28. The number of hydrogen-bond acceptors (Lipinski definition) is 3. The monoisotopic (exact) mass is 470 g/mol. The lowest BCUT2D eigenvalue weighted by Crippen LogP contribution is -2.41. The maximum atomic E-state index is 12.7. The Bertz CT molecular complexity index is 868. The number of anilines is 1. The fourth-order valence-corrected chi connectivity index (χ4v) is 4.44. The second-order valence-corrected chi connectivity index (χ2v) is 9.03. The number of nitrogens with one attached hydrogen (secondary N) is 1. The normalized spacial score (nSPS) is 17.7. The van der Waals surface area contributed by atoms with Gasteiger partial charge in [0.2, 0.25) is 5.91 Å². The van der Waals surface area contributed by atoms with Gasteiger partial charge in [-0.15, -0.1) is 0 Å². The number of nitrogens with zero attached hydrogens (tertiary/aromatic N) is 1. The summed E-state index contributed by atoms with van der Waals surface area (Å²) in [6.45, 7) is 1.20. The average Bonchev–Trinajstić information content (AvgIpc) is 3.28. The first kappa shape index (κ1) is 20.9. The molecule has 1 saturated carbocycles. The molecule has 2 aliphatic rings. The Morgan fingerprint density at radius 1 is 0.900 bits per heavy atom. The third-order valence-corrected chi connectivity index (χ3v) is 6.50. The Kier molecular flexibility index (Phi) is 6.72. The molecular weight excluding hydrogens is 444 g/mol. The third kappa shape index (κ3) is 5.22. The number of benzene rings is 2. The molecule has 0 aromatic heterocycles. The number of ether oxygens (including phenoxy) is 1. The van der Waals surface area contributed by atoms with Crippen molar-refractivity contribution in [2.45, 2.75) is 44.6 Å². The van der Waals surface area contributed by atoms with Gasteiger partial charge in [-0.25, -0.2) is 0 Å². The average molecular weight is 471 g/mol. The van der Waals surface area contributed by atoms with Gasteiger partial charge in [-0.2, -0.15) is 0 Å². The quantitative estimate of drug-likeness (QED) is 0.647. The third-order valence-electron chi connectivity index (χ3n) is 5.97. The lowest BCUT2D eigenvalue weighted by Gasteiger charge is -2.31. The standard InChI is InChI=1S/C24H27BrN2O3/c25-19-7-5-18(6-8-19)24(29)27-15-13-17(14-16-27)23(28)26-20-9-11-22(12-10-20)30-21-3-1-2-4-21/h5-12,17,21H,1-4,13-16H2,(H,26,28). The molecule has 5 nitrogen and oxygen atoms in total. The van der Waals surface area contributed by atoms with Crippen LogP contribution in [-0.2, 0) is 4.79 Å². The second kappa shape index (κ2) is 9.65. The summed E-state index contributed by atoms with van der Waals surface area (Å²) >= 11 is 3.39. The van der Waals surface area contributed by atoms with Crippen LogP contribution in [0.2, 0.25) is 0 Å². The van der Waals surface area contributed by atoms with E-state index in [1.807, 2.05) is 53.4 Å². The van der Waals surface area contributed by atoms with E-state index in [4.69, 9.17) is 4.74 Å². The number of hydrogen-bond donors (Lipinski definition) is 1. The van der Waals surface area contributed by atoms with Crippen molar-refractivity contribution in [3.8, 4) is 5.75 Å². The molecule has 1 saturated heterocycles. The van der Waals surface area contributed by atoms with E-state index >= 15 is 0 Å². The molecule has 2 amide bonds. The van der Waals surface area contributed by atoms with Gasteiger partial charge in [-0.3, -0.25) is 9.59 Å². The molecule has 1 aliphatic carbocycles. The van der Waals surface area contributed by atoms with Crippen molar-refractivity contribution in [2.75, 3.05) is 18.4 Å². The minimum Gasteiger partial charge on any atom is -0.490 e. The number of likely N-dealkylation sites (tertiary alicyclic amines) is 1. The van der Waals surface area contributed by atoms with Crippen molar-refractivity contribution in [1.29, 1.82) is 0 Å². The van der Waals surface area contributed by atoms with E-state index in [0.29, 0.717) is 37.6 Å². The predicted molar refractivity (Wildman–Crippen MR) is 121 cm³/mol. The number of rotatable bonds is 5. The van der Waals surface area contributed by atoms with Crippen molar-refractivity contribution >= 4 is 33.4 Å². The van der Waals surface area contributed by atoms with Crippen LogP contribution in [0.5, 0.6) is 5.75 Å². The number of carbonyl (C=O) groups is 2. The topological polar surface area (TPSA) is 58.6 Å². The van der Waals surface area contributed by atoms with Gasteiger partial charge in [-0.1, -0.05) is 15.9 Å². The summed E-state index contributed by atoms with van der Waals surface area (Å²) in [5.41, 5.74) is 1.47. The van der Waals surface area contributed by atoms with Crippen LogP contribution in [-0.4, -0.2) is 35.9 Å². The van der Waals surface area contributed by atoms with Crippen molar-refractivity contribution in [1.82, 2.24) is 4.90 Å². The highest BCUT2D eigenvalue weighted by Crippen LogP contribution is 2.26. The highest BCUT2D eigenvalue weighted by atomic mass is 79.9. The van der Waals surface area contributed by atoms with E-state index in [2.05, 4.69) is 21.2 Å². The van der Waals surface area contributed by atoms with E-state index in [9.17, 15) is 9.59 Å². The van der Waals surface area contributed by atoms with Gasteiger partial charge in [0.15, 0.2) is 0 Å². The molecule has 2 aromatic rings. The van der Waals surface area contributed by atoms with Crippen LogP contribution in [0.15, 0.2) is 53.0 Å². The van der Waals surface area contributed by atoms with Gasteiger partial charge >= 0.3 is 0 Å². The van der Waals surface area contributed by atoms with Gasteiger partial charge in [0.25, 0.3) is 5.91 Å². The molecule has 1 N–H and O–H groups in total. The molecule has 6 heteroatoms. The summed E-state index contributed by atoms with van der Waals surface area (Å²) in [7, 11) is 0. The molecule has 1 aliphatic heterocycles. The number of piperidine rings is 1. The predicted octanol–water partition coefficient (Wildman–Crippen LogP) is 5.26. The van der Waals surface area contributed by atoms with Crippen LogP contribution in [0.3, 0.4) is 0 Å². The summed E-state index contributed by atoms with van der Waals surface area (Å²) in [6.07, 6.45) is 6.42. The minimum absolute atomic E-state index is 0.0233. The zero-order valence-electron chi connectivity index (χ0n) is 17.0. The molecule has 0 bridgehead atoms. The summed E-state index contributed by atoms with van der Waals surface area (Å²) in [4.78, 5) is 27.1. The molecule has 30 heavy (non-hydrogen) atoms. The van der Waals surface area contributed by atoms with Crippen LogP contribution in [0.4, 0.5) is 5.69 Å². The smallest absolute Gasteiger partial charge is 0.253 e. The number of amides is 2. The van der Waals surface area contributed by atoms with E-state index in [-0.39, 0.29) is 17.7 Å². The fourth-order valence-electron chi connectivity index (χ4n) is 4.18. The van der Waals surface area contributed by atoms with Crippen molar-refractivity contribution < 1.29 is 14.3 Å². The van der Waals surface area contributed by atoms with Gasteiger partial charge in [-0.05, 0) is 87.1 Å². The SMILES string of the molecule is O=C(Nc1ccc(OC2CCCC2)cc1)C1CCN(C(=O)c2ccc(Br)cc2)CC1. The van der Waals surface area contributed by atoms with E-state index < -0.39 is 0 Å². The lowest BCUT2D eigenvalue weighted by molar-refractivity contribution is -0.121. The van der Waals surface area contributed by atoms with Gasteiger partial charge in [0.1, 0.15) is 5.75 Å². The first-order valence-corrected chi connectivity index (χ1v) is 11.5. The van der Waals surface area contributed by atoms with Crippen molar-refractivity contribution in [2.24, 2.45) is 5.92 Å². The molecule has 0 unspecified atom stereocenters. The van der Waals surface area contributed by atoms with Crippen molar-refractivity contribution in [3.63, 3.8) is 0 Å². The molecule has 158 valence electrons. The van der Waals surface area contributed by atoms with Gasteiger partial charge in [0, 0.05) is 34.7 Å².